The number of carbonyl (C=O) groups excluding carboxylic acids is 1. The highest BCUT2D eigenvalue weighted by atomic mass is 19.2. The van der Waals surface area contributed by atoms with E-state index < -0.39 is 11.6 Å². The van der Waals surface area contributed by atoms with Crippen LogP contribution in [0.5, 0.6) is 0 Å². The van der Waals surface area contributed by atoms with Gasteiger partial charge in [0.05, 0.1) is 6.42 Å². The van der Waals surface area contributed by atoms with E-state index in [2.05, 4.69) is 10.6 Å². The first-order valence-corrected chi connectivity index (χ1v) is 7.86. The fourth-order valence-corrected chi connectivity index (χ4v) is 2.37. The fraction of sp³-hybridized carbons (Fsp3) is 0.0500. The molecule has 0 aliphatic carbocycles. The van der Waals surface area contributed by atoms with Gasteiger partial charge >= 0.3 is 0 Å². The van der Waals surface area contributed by atoms with Crippen LogP contribution >= 0.6 is 0 Å². The highest BCUT2D eigenvalue weighted by Crippen LogP contribution is 2.21. The van der Waals surface area contributed by atoms with E-state index in [1.165, 1.54) is 18.2 Å². The van der Waals surface area contributed by atoms with Crippen molar-refractivity contribution in [2.24, 2.45) is 0 Å². The second-order valence-corrected chi connectivity index (χ2v) is 5.68. The summed E-state index contributed by atoms with van der Waals surface area (Å²) in [6, 6.07) is 16.0. The first kappa shape index (κ1) is 17.5. The second kappa shape index (κ2) is 7.74. The minimum atomic E-state index is -0.931. The van der Waals surface area contributed by atoms with Crippen LogP contribution < -0.4 is 10.6 Å². The summed E-state index contributed by atoms with van der Waals surface area (Å²) in [6.45, 7) is 0. The molecule has 3 nitrogen and oxygen atoms in total. The van der Waals surface area contributed by atoms with Gasteiger partial charge in [-0.3, -0.25) is 4.79 Å². The van der Waals surface area contributed by atoms with Crippen molar-refractivity contribution >= 4 is 23.0 Å². The third-order valence-electron chi connectivity index (χ3n) is 3.65. The van der Waals surface area contributed by atoms with Crippen molar-refractivity contribution in [3.8, 4) is 0 Å². The second-order valence-electron chi connectivity index (χ2n) is 5.68. The van der Waals surface area contributed by atoms with Crippen molar-refractivity contribution in [2.45, 2.75) is 6.42 Å². The number of nitrogens with one attached hydrogen (secondary N) is 2. The van der Waals surface area contributed by atoms with E-state index in [0.717, 1.165) is 12.1 Å². The van der Waals surface area contributed by atoms with Gasteiger partial charge in [-0.05, 0) is 54.1 Å². The van der Waals surface area contributed by atoms with Gasteiger partial charge in [0.2, 0.25) is 5.91 Å². The van der Waals surface area contributed by atoms with E-state index in [0.29, 0.717) is 22.6 Å². The van der Waals surface area contributed by atoms with Gasteiger partial charge in [-0.25, -0.2) is 13.2 Å². The molecule has 0 atom stereocenters. The van der Waals surface area contributed by atoms with Crippen LogP contribution in [0.25, 0.3) is 0 Å². The maximum absolute atomic E-state index is 13.2. The van der Waals surface area contributed by atoms with Crippen LogP contribution in [-0.2, 0) is 11.2 Å². The predicted octanol–water partition coefficient (Wildman–Crippen LogP) is 5.03. The van der Waals surface area contributed by atoms with E-state index in [4.69, 9.17) is 0 Å². The lowest BCUT2D eigenvalue weighted by Crippen LogP contribution is -2.14. The van der Waals surface area contributed by atoms with Crippen LogP contribution in [0.2, 0.25) is 0 Å². The zero-order valence-electron chi connectivity index (χ0n) is 13.6. The molecule has 0 aliphatic rings. The Morgan fingerprint density at radius 1 is 0.731 bits per heavy atom. The van der Waals surface area contributed by atoms with Crippen LogP contribution in [0.1, 0.15) is 5.56 Å². The Labute approximate surface area is 148 Å². The van der Waals surface area contributed by atoms with Gasteiger partial charge in [0.15, 0.2) is 11.6 Å². The van der Waals surface area contributed by atoms with Gasteiger partial charge in [0.1, 0.15) is 5.82 Å². The Balaban J connectivity index is 1.59. The normalized spacial score (nSPS) is 10.4. The quantitative estimate of drug-likeness (QED) is 0.673. The Morgan fingerprint density at radius 2 is 1.35 bits per heavy atom. The third-order valence-corrected chi connectivity index (χ3v) is 3.65. The molecule has 26 heavy (non-hydrogen) atoms. The first-order valence-electron chi connectivity index (χ1n) is 7.86. The molecular weight excluding hydrogens is 341 g/mol. The molecule has 0 bridgehead atoms. The van der Waals surface area contributed by atoms with Gasteiger partial charge < -0.3 is 10.6 Å². The lowest BCUT2D eigenvalue weighted by molar-refractivity contribution is -0.115. The van der Waals surface area contributed by atoms with E-state index >= 15 is 0 Å². The monoisotopic (exact) mass is 356 g/mol. The number of carbonyl (C=O) groups is 1. The molecule has 0 saturated carbocycles. The molecule has 3 rings (SSSR count). The van der Waals surface area contributed by atoms with E-state index in [1.807, 2.05) is 0 Å². The molecule has 1 amide bonds. The van der Waals surface area contributed by atoms with Crippen molar-refractivity contribution < 1.29 is 18.0 Å². The molecule has 0 heterocycles. The number of halogens is 3. The average molecular weight is 356 g/mol. The van der Waals surface area contributed by atoms with E-state index in [1.54, 1.807) is 36.4 Å². The summed E-state index contributed by atoms with van der Waals surface area (Å²) < 4.78 is 39.0. The summed E-state index contributed by atoms with van der Waals surface area (Å²) in [4.78, 5) is 12.0. The molecule has 132 valence electrons. The van der Waals surface area contributed by atoms with Crippen LogP contribution in [0.15, 0.2) is 66.7 Å². The summed E-state index contributed by atoms with van der Waals surface area (Å²) >= 11 is 0. The van der Waals surface area contributed by atoms with Crippen LogP contribution in [-0.4, -0.2) is 5.91 Å². The maximum Gasteiger partial charge on any atom is 0.228 e. The summed E-state index contributed by atoms with van der Waals surface area (Å²) in [7, 11) is 0. The van der Waals surface area contributed by atoms with Crippen molar-refractivity contribution in [3.63, 3.8) is 0 Å². The lowest BCUT2D eigenvalue weighted by Gasteiger charge is -2.09. The molecule has 0 aromatic heterocycles. The minimum absolute atomic E-state index is 0.134. The molecule has 0 spiro atoms. The van der Waals surface area contributed by atoms with Crippen LogP contribution in [0.4, 0.5) is 30.2 Å². The number of anilines is 3. The summed E-state index contributed by atoms with van der Waals surface area (Å²) in [5, 5.41) is 5.69. The zero-order chi connectivity index (χ0) is 18.5. The third kappa shape index (κ3) is 4.63. The largest absolute Gasteiger partial charge is 0.355 e. The van der Waals surface area contributed by atoms with Crippen molar-refractivity contribution in [1.29, 1.82) is 0 Å². The van der Waals surface area contributed by atoms with Crippen LogP contribution in [0, 0.1) is 17.5 Å². The highest BCUT2D eigenvalue weighted by Gasteiger charge is 2.06. The summed E-state index contributed by atoms with van der Waals surface area (Å²) in [5.74, 6) is -2.41. The summed E-state index contributed by atoms with van der Waals surface area (Å²) in [5.41, 5.74) is 2.37. The molecular formula is C20H15F3N2O. The molecule has 0 unspecified atom stereocenters. The standard InChI is InChI=1S/C20H15F3N2O/c21-14-3-1-13(2-4-14)11-20(26)25-16-7-5-15(6-8-16)24-17-9-10-18(22)19(23)12-17/h1-10,12,24H,11H2,(H,25,26). The number of benzene rings is 3. The molecule has 0 aliphatic heterocycles. The molecule has 6 heteroatoms. The smallest absolute Gasteiger partial charge is 0.228 e. The van der Waals surface area contributed by atoms with Crippen molar-refractivity contribution in [3.05, 3.63) is 89.7 Å². The number of amides is 1. The SMILES string of the molecule is O=C(Cc1ccc(F)cc1)Nc1ccc(Nc2ccc(F)c(F)c2)cc1. The lowest BCUT2D eigenvalue weighted by atomic mass is 10.1. The zero-order valence-corrected chi connectivity index (χ0v) is 13.6. The number of hydrogen-bond acceptors (Lipinski definition) is 2. The van der Waals surface area contributed by atoms with Crippen molar-refractivity contribution in [2.75, 3.05) is 10.6 Å². The first-order chi connectivity index (χ1) is 12.5. The molecule has 0 saturated heterocycles. The van der Waals surface area contributed by atoms with Crippen molar-refractivity contribution in [1.82, 2.24) is 0 Å². The fourth-order valence-electron chi connectivity index (χ4n) is 2.37. The molecule has 2 N–H and O–H groups in total. The van der Waals surface area contributed by atoms with Gasteiger partial charge in [-0.1, -0.05) is 12.1 Å². The Kier molecular flexibility index (Phi) is 5.22. The van der Waals surface area contributed by atoms with Gasteiger partial charge in [0, 0.05) is 23.1 Å². The maximum atomic E-state index is 13.2. The molecule has 0 radical (unpaired) electrons. The number of hydrogen-bond donors (Lipinski definition) is 2. The molecule has 0 fully saturated rings. The summed E-state index contributed by atoms with van der Waals surface area (Å²) in [6.07, 6.45) is 0.134. The Bertz CT molecular complexity index is 909. The Morgan fingerprint density at radius 3 is 2.00 bits per heavy atom. The topological polar surface area (TPSA) is 41.1 Å². The predicted molar refractivity (Wildman–Crippen MR) is 94.8 cm³/mol. The number of rotatable bonds is 5. The van der Waals surface area contributed by atoms with Crippen LogP contribution in [0.3, 0.4) is 0 Å². The van der Waals surface area contributed by atoms with E-state index in [9.17, 15) is 18.0 Å². The molecule has 3 aromatic carbocycles. The van der Waals surface area contributed by atoms with Gasteiger partial charge in [-0.15, -0.1) is 0 Å². The van der Waals surface area contributed by atoms with E-state index in [-0.39, 0.29) is 18.1 Å². The minimum Gasteiger partial charge on any atom is -0.355 e. The molecule has 3 aromatic rings. The Hall–Kier alpha value is -3.28. The van der Waals surface area contributed by atoms with Gasteiger partial charge in [-0.2, -0.15) is 0 Å². The average Bonchev–Trinajstić information content (AvgIpc) is 2.62. The van der Waals surface area contributed by atoms with Gasteiger partial charge in [0.25, 0.3) is 0 Å². The highest BCUT2D eigenvalue weighted by molar-refractivity contribution is 5.92.